The number of hydrogen-bond donors (Lipinski definition) is 0. The van der Waals surface area contributed by atoms with E-state index in [2.05, 4.69) is 137 Å². The molecule has 4 nitrogen and oxygen atoms in total. The molecule has 1 aliphatic carbocycles. The fourth-order valence-corrected chi connectivity index (χ4v) is 7.42. The van der Waals surface area contributed by atoms with E-state index in [4.69, 9.17) is 9.40 Å². The lowest BCUT2D eigenvalue weighted by atomic mass is 10.0. The highest BCUT2D eigenvalue weighted by Gasteiger charge is 2.20. The summed E-state index contributed by atoms with van der Waals surface area (Å²) in [5, 5.41) is 5.87. The monoisotopic (exact) mass is 577 g/mol. The van der Waals surface area contributed by atoms with Crippen molar-refractivity contribution in [1.29, 1.82) is 0 Å². The standard InChI is InChI=1S/C41H27N3O/c1-2-10-26(11-3-1)27-18-21-40-34(22-27)35-24-29(25-42-41(35)45-40)44-38-17-9-6-14-32(38)33-23-28(19-20-39(33)44)43-36-15-7-4-12-30(36)31-13-5-8-16-37(31)43/h1-4,6-12,14-25H,5,13H2. The van der Waals surface area contributed by atoms with Gasteiger partial charge in [0, 0.05) is 32.9 Å². The van der Waals surface area contributed by atoms with Crippen molar-refractivity contribution in [1.82, 2.24) is 14.1 Å². The fraction of sp³-hybridized carbons (Fsp3) is 0.0488. The number of furan rings is 1. The van der Waals surface area contributed by atoms with Gasteiger partial charge in [-0.2, -0.15) is 0 Å². The molecule has 212 valence electrons. The quantitative estimate of drug-likeness (QED) is 0.209. The predicted molar refractivity (Wildman–Crippen MR) is 185 cm³/mol. The SMILES string of the molecule is C1=Cc2c(c3ccccc3n2-c2ccc3c(c2)c2ccccc2n3-c2cnc3oc4ccc(-c5ccccc5)cc4c3c2)CC1. The number of aryl methyl sites for hydroxylation is 1. The first kappa shape index (κ1) is 24.6. The average Bonchev–Trinajstić information content (AvgIpc) is 3.75. The summed E-state index contributed by atoms with van der Waals surface area (Å²) in [5.74, 6) is 0. The molecule has 0 bridgehead atoms. The van der Waals surface area contributed by atoms with Crippen LogP contribution in [0.1, 0.15) is 17.7 Å². The molecule has 0 unspecified atom stereocenters. The molecule has 5 aromatic carbocycles. The smallest absolute Gasteiger partial charge is 0.227 e. The third-order valence-electron chi connectivity index (χ3n) is 9.45. The second-order valence-corrected chi connectivity index (χ2v) is 11.9. The van der Waals surface area contributed by atoms with Gasteiger partial charge in [-0.25, -0.2) is 4.98 Å². The Morgan fingerprint density at radius 2 is 1.31 bits per heavy atom. The Labute approximate surface area is 259 Å². The highest BCUT2D eigenvalue weighted by molar-refractivity contribution is 6.11. The zero-order valence-electron chi connectivity index (χ0n) is 24.4. The molecule has 4 heteroatoms. The normalized spacial score (nSPS) is 13.1. The molecular weight excluding hydrogens is 550 g/mol. The van der Waals surface area contributed by atoms with Gasteiger partial charge in [-0.05, 0) is 84.1 Å². The van der Waals surface area contributed by atoms with Crippen molar-refractivity contribution in [2.75, 3.05) is 0 Å². The van der Waals surface area contributed by atoms with Gasteiger partial charge in [-0.15, -0.1) is 0 Å². The van der Waals surface area contributed by atoms with E-state index in [1.165, 1.54) is 44.2 Å². The lowest BCUT2D eigenvalue weighted by Gasteiger charge is -2.13. The Bertz CT molecular complexity index is 2650. The van der Waals surface area contributed by atoms with Crippen LogP contribution in [-0.2, 0) is 6.42 Å². The second kappa shape index (κ2) is 9.31. The highest BCUT2D eigenvalue weighted by Crippen LogP contribution is 2.39. The molecule has 4 aromatic heterocycles. The predicted octanol–water partition coefficient (Wildman–Crippen LogP) is 10.6. The van der Waals surface area contributed by atoms with Crippen molar-refractivity contribution < 1.29 is 4.42 Å². The average molecular weight is 578 g/mol. The zero-order chi connectivity index (χ0) is 29.5. The third kappa shape index (κ3) is 3.57. The summed E-state index contributed by atoms with van der Waals surface area (Å²) in [7, 11) is 0. The number of para-hydroxylation sites is 2. The van der Waals surface area contributed by atoms with E-state index in [0.717, 1.165) is 51.5 Å². The Balaban J connectivity index is 1.20. The van der Waals surface area contributed by atoms with Crippen molar-refractivity contribution in [3.63, 3.8) is 0 Å². The molecule has 0 radical (unpaired) electrons. The summed E-state index contributed by atoms with van der Waals surface area (Å²) < 4.78 is 11.0. The van der Waals surface area contributed by atoms with Crippen molar-refractivity contribution >= 4 is 60.9 Å². The zero-order valence-corrected chi connectivity index (χ0v) is 24.4. The number of pyridine rings is 1. The van der Waals surface area contributed by atoms with Gasteiger partial charge >= 0.3 is 0 Å². The molecule has 0 fully saturated rings. The van der Waals surface area contributed by atoms with Crippen LogP contribution in [0.5, 0.6) is 0 Å². The van der Waals surface area contributed by atoms with Crippen LogP contribution in [-0.4, -0.2) is 14.1 Å². The van der Waals surface area contributed by atoms with Gasteiger partial charge < -0.3 is 13.6 Å². The number of fused-ring (bicyclic) bond motifs is 9. The number of allylic oxidation sites excluding steroid dienone is 1. The molecule has 1 aliphatic rings. The van der Waals surface area contributed by atoms with E-state index in [1.54, 1.807) is 0 Å². The first-order valence-electron chi connectivity index (χ1n) is 15.5. The lowest BCUT2D eigenvalue weighted by Crippen LogP contribution is -2.00. The van der Waals surface area contributed by atoms with Gasteiger partial charge in [0.15, 0.2) is 0 Å². The molecule has 4 heterocycles. The molecule has 45 heavy (non-hydrogen) atoms. The Kier molecular flexibility index (Phi) is 5.08. The molecule has 0 amide bonds. The minimum atomic E-state index is 0.652. The molecular formula is C41H27N3O. The number of aromatic nitrogens is 3. The van der Waals surface area contributed by atoms with Gasteiger partial charge in [-0.3, -0.25) is 0 Å². The number of rotatable bonds is 3. The van der Waals surface area contributed by atoms with Crippen LogP contribution >= 0.6 is 0 Å². The van der Waals surface area contributed by atoms with E-state index in [9.17, 15) is 0 Å². The van der Waals surface area contributed by atoms with Gasteiger partial charge in [-0.1, -0.05) is 78.9 Å². The van der Waals surface area contributed by atoms with Crippen LogP contribution in [0.2, 0.25) is 0 Å². The van der Waals surface area contributed by atoms with Crippen LogP contribution in [0.4, 0.5) is 0 Å². The lowest BCUT2D eigenvalue weighted by molar-refractivity contribution is 0.654. The first-order chi connectivity index (χ1) is 22.3. The molecule has 0 aliphatic heterocycles. The molecule has 0 saturated heterocycles. The summed E-state index contributed by atoms with van der Waals surface area (Å²) in [6, 6.07) is 43.5. The summed E-state index contributed by atoms with van der Waals surface area (Å²) in [6.45, 7) is 0. The Morgan fingerprint density at radius 1 is 0.556 bits per heavy atom. The van der Waals surface area contributed by atoms with E-state index in [1.807, 2.05) is 12.3 Å². The van der Waals surface area contributed by atoms with Crippen LogP contribution in [0.15, 0.2) is 138 Å². The van der Waals surface area contributed by atoms with E-state index in [-0.39, 0.29) is 0 Å². The van der Waals surface area contributed by atoms with Crippen molar-refractivity contribution in [3.05, 3.63) is 145 Å². The van der Waals surface area contributed by atoms with Crippen molar-refractivity contribution in [3.8, 4) is 22.5 Å². The molecule has 10 rings (SSSR count). The number of benzene rings is 5. The largest absolute Gasteiger partial charge is 0.438 e. The van der Waals surface area contributed by atoms with Gasteiger partial charge in [0.05, 0.1) is 33.8 Å². The van der Waals surface area contributed by atoms with Gasteiger partial charge in [0.1, 0.15) is 5.58 Å². The maximum absolute atomic E-state index is 6.20. The maximum atomic E-state index is 6.20. The van der Waals surface area contributed by atoms with Crippen molar-refractivity contribution in [2.45, 2.75) is 12.8 Å². The minimum Gasteiger partial charge on any atom is -0.438 e. The summed E-state index contributed by atoms with van der Waals surface area (Å²) in [6.07, 6.45) is 8.69. The molecule has 9 aromatic rings. The Hall–Kier alpha value is -5.87. The second-order valence-electron chi connectivity index (χ2n) is 11.9. The molecule has 0 spiro atoms. The molecule has 0 N–H and O–H groups in total. The third-order valence-corrected chi connectivity index (χ3v) is 9.45. The van der Waals surface area contributed by atoms with Crippen molar-refractivity contribution in [2.24, 2.45) is 0 Å². The summed E-state index contributed by atoms with van der Waals surface area (Å²) >= 11 is 0. The number of nitrogens with zero attached hydrogens (tertiary/aromatic N) is 3. The fourth-order valence-electron chi connectivity index (χ4n) is 7.42. The van der Waals surface area contributed by atoms with E-state index < -0.39 is 0 Å². The molecule has 0 saturated carbocycles. The van der Waals surface area contributed by atoms with Gasteiger partial charge in [0.2, 0.25) is 5.71 Å². The summed E-state index contributed by atoms with van der Waals surface area (Å²) in [4.78, 5) is 4.83. The number of hydrogen-bond acceptors (Lipinski definition) is 2. The Morgan fingerprint density at radius 3 is 2.20 bits per heavy atom. The van der Waals surface area contributed by atoms with Crippen LogP contribution in [0.3, 0.4) is 0 Å². The minimum absolute atomic E-state index is 0.652. The van der Waals surface area contributed by atoms with E-state index >= 15 is 0 Å². The van der Waals surface area contributed by atoms with Crippen LogP contribution in [0.25, 0.3) is 83.4 Å². The maximum Gasteiger partial charge on any atom is 0.227 e. The highest BCUT2D eigenvalue weighted by atomic mass is 16.3. The summed E-state index contributed by atoms with van der Waals surface area (Å²) in [5.41, 5.74) is 12.3. The topological polar surface area (TPSA) is 35.9 Å². The van der Waals surface area contributed by atoms with Gasteiger partial charge in [0.25, 0.3) is 0 Å². The van der Waals surface area contributed by atoms with Crippen LogP contribution < -0.4 is 0 Å². The van der Waals surface area contributed by atoms with Crippen LogP contribution in [0, 0.1) is 0 Å². The first-order valence-corrected chi connectivity index (χ1v) is 15.5. The molecule has 0 atom stereocenters. The van der Waals surface area contributed by atoms with E-state index in [0.29, 0.717) is 5.71 Å².